The van der Waals surface area contributed by atoms with Crippen LogP contribution in [0.1, 0.15) is 12.0 Å². The van der Waals surface area contributed by atoms with Crippen LogP contribution in [0.15, 0.2) is 48.1 Å². The van der Waals surface area contributed by atoms with E-state index in [0.29, 0.717) is 18.5 Å². The highest BCUT2D eigenvalue weighted by Crippen LogP contribution is 2.29. The van der Waals surface area contributed by atoms with E-state index < -0.39 is 11.7 Å². The number of nitrogens with zero attached hydrogens (tertiary/aromatic N) is 1. The number of fused-ring (bicyclic) bond motifs is 1. The number of likely N-dealkylation sites (tertiary alicyclic amines) is 1. The van der Waals surface area contributed by atoms with Crippen LogP contribution in [0.5, 0.6) is 0 Å². The first kappa shape index (κ1) is 11.8. The van der Waals surface area contributed by atoms with Gasteiger partial charge in [-0.25, -0.2) is 4.39 Å². The second-order valence-corrected chi connectivity index (χ2v) is 4.69. The third-order valence-corrected chi connectivity index (χ3v) is 3.49. The largest absolute Gasteiger partial charge is 0.324 e. The molecule has 1 amide bonds. The number of hydrogen-bond donors (Lipinski definition) is 0. The number of hydrogen-bond acceptors (Lipinski definition) is 2. The number of amides is 1. The molecule has 1 aromatic rings. The zero-order valence-electron chi connectivity index (χ0n) is 10.2. The Hall–Kier alpha value is -2.23. The highest BCUT2D eigenvalue weighted by atomic mass is 19.1. The third-order valence-electron chi connectivity index (χ3n) is 3.49. The Balaban J connectivity index is 1.87. The Morgan fingerprint density at radius 3 is 2.68 bits per heavy atom. The van der Waals surface area contributed by atoms with Crippen molar-refractivity contribution in [1.29, 1.82) is 0 Å². The Morgan fingerprint density at radius 1 is 1.21 bits per heavy atom. The van der Waals surface area contributed by atoms with Crippen LogP contribution in [0, 0.1) is 5.82 Å². The normalized spacial score (nSPS) is 21.6. The predicted molar refractivity (Wildman–Crippen MR) is 67.6 cm³/mol. The maximum Gasteiger partial charge on any atom is 0.295 e. The smallest absolute Gasteiger partial charge is 0.295 e. The first-order valence-electron chi connectivity index (χ1n) is 6.13. The van der Waals surface area contributed by atoms with E-state index in [-0.39, 0.29) is 11.9 Å². The minimum atomic E-state index is -0.468. The molecule has 1 aliphatic carbocycles. The summed E-state index contributed by atoms with van der Waals surface area (Å²) in [7, 11) is 0. The van der Waals surface area contributed by atoms with Gasteiger partial charge in [0.2, 0.25) is 5.78 Å². The fourth-order valence-electron chi connectivity index (χ4n) is 2.50. The molecule has 0 aromatic heterocycles. The molecule has 2 aliphatic rings. The summed E-state index contributed by atoms with van der Waals surface area (Å²) in [4.78, 5) is 25.4. The lowest BCUT2D eigenvalue weighted by atomic mass is 9.99. The maximum atomic E-state index is 12.9. The lowest BCUT2D eigenvalue weighted by Gasteiger charge is -2.24. The molecule has 0 N–H and O–H groups in total. The summed E-state index contributed by atoms with van der Waals surface area (Å²) in [6.07, 6.45) is 6.11. The van der Waals surface area contributed by atoms with E-state index in [2.05, 4.69) is 0 Å². The molecule has 0 radical (unpaired) electrons. The molecule has 3 rings (SSSR count). The number of rotatable bonds is 2. The fraction of sp³-hybridized carbons (Fsp3) is 0.200. The molecule has 1 atom stereocenters. The number of allylic oxidation sites excluding steroid dienone is 2. The van der Waals surface area contributed by atoms with Crippen LogP contribution in [-0.2, 0) is 16.1 Å². The zero-order chi connectivity index (χ0) is 13.4. The summed E-state index contributed by atoms with van der Waals surface area (Å²) in [6, 6.07) is 5.81. The summed E-state index contributed by atoms with van der Waals surface area (Å²) in [5.41, 5.74) is 1.38. The molecule has 4 heteroatoms. The van der Waals surface area contributed by atoms with Crippen molar-refractivity contribution >= 4 is 11.7 Å². The molecule has 1 saturated heterocycles. The molecular weight excluding hydrogens is 245 g/mol. The van der Waals surface area contributed by atoms with Gasteiger partial charge < -0.3 is 4.90 Å². The van der Waals surface area contributed by atoms with Gasteiger partial charge in [-0.2, -0.15) is 0 Å². The van der Waals surface area contributed by atoms with Crippen molar-refractivity contribution in [3.8, 4) is 0 Å². The van der Waals surface area contributed by atoms with E-state index in [1.54, 1.807) is 29.2 Å². The predicted octanol–water partition coefficient (Wildman–Crippen LogP) is 1.99. The van der Waals surface area contributed by atoms with Crippen LogP contribution in [0.4, 0.5) is 4.39 Å². The average molecular weight is 257 g/mol. The molecule has 3 nitrogen and oxygen atoms in total. The summed E-state index contributed by atoms with van der Waals surface area (Å²) in [6.45, 7) is 0.334. The number of carbonyl (C=O) groups excluding carboxylic acids is 2. The number of halogens is 1. The lowest BCUT2D eigenvalue weighted by Crippen LogP contribution is -2.33. The third kappa shape index (κ3) is 1.99. The fourth-order valence-corrected chi connectivity index (χ4v) is 2.50. The van der Waals surface area contributed by atoms with Gasteiger partial charge in [0.1, 0.15) is 5.82 Å². The van der Waals surface area contributed by atoms with Gasteiger partial charge in [-0.15, -0.1) is 0 Å². The molecular formula is C15H12FNO2. The summed E-state index contributed by atoms with van der Waals surface area (Å²) < 4.78 is 12.9. The number of benzene rings is 1. The first-order chi connectivity index (χ1) is 9.16. The second-order valence-electron chi connectivity index (χ2n) is 4.69. The van der Waals surface area contributed by atoms with Gasteiger partial charge in [0.25, 0.3) is 5.91 Å². The molecule has 1 heterocycles. The van der Waals surface area contributed by atoms with Gasteiger partial charge in [0.05, 0.1) is 6.04 Å². The number of ketones is 1. The molecule has 1 aliphatic heterocycles. The summed E-state index contributed by atoms with van der Waals surface area (Å²) >= 11 is 0. The average Bonchev–Trinajstić information content (AvgIpc) is 2.67. The summed E-state index contributed by atoms with van der Waals surface area (Å²) in [5, 5.41) is 0. The molecule has 96 valence electrons. The first-order valence-corrected chi connectivity index (χ1v) is 6.13. The second kappa shape index (κ2) is 4.46. The highest BCUT2D eigenvalue weighted by Gasteiger charge is 2.42. The van der Waals surface area contributed by atoms with E-state index >= 15 is 0 Å². The molecule has 0 spiro atoms. The van der Waals surface area contributed by atoms with E-state index in [1.807, 2.05) is 6.08 Å². The number of Topliss-reactive ketones (excluding diaryl/α,β-unsaturated/α-hetero) is 1. The topological polar surface area (TPSA) is 37.4 Å². The van der Waals surface area contributed by atoms with E-state index in [0.717, 1.165) is 5.56 Å². The van der Waals surface area contributed by atoms with Crippen molar-refractivity contribution in [2.45, 2.75) is 19.0 Å². The quantitative estimate of drug-likeness (QED) is 0.760. The van der Waals surface area contributed by atoms with Crippen LogP contribution in [-0.4, -0.2) is 22.6 Å². The summed E-state index contributed by atoms with van der Waals surface area (Å²) in [5.74, 6) is -1.20. The molecule has 0 bridgehead atoms. The van der Waals surface area contributed by atoms with E-state index in [9.17, 15) is 14.0 Å². The maximum absolute atomic E-state index is 12.9. The van der Waals surface area contributed by atoms with Crippen LogP contribution in [0.25, 0.3) is 0 Å². The van der Waals surface area contributed by atoms with Gasteiger partial charge in [-0.3, -0.25) is 9.59 Å². The van der Waals surface area contributed by atoms with Crippen molar-refractivity contribution in [2.75, 3.05) is 0 Å². The number of carbonyl (C=O) groups is 2. The standard InChI is InChI=1S/C15H12FNO2/c16-11-7-5-10(6-8-11)9-17-13-4-2-1-3-12(13)14(18)15(17)19/h1-3,5-8,13H,4,9H2. The Labute approximate surface area is 110 Å². The minimum absolute atomic E-state index is 0.171. The van der Waals surface area contributed by atoms with Crippen LogP contribution >= 0.6 is 0 Å². The van der Waals surface area contributed by atoms with Crippen LogP contribution < -0.4 is 0 Å². The van der Waals surface area contributed by atoms with Gasteiger partial charge >= 0.3 is 0 Å². The van der Waals surface area contributed by atoms with Crippen molar-refractivity contribution in [3.63, 3.8) is 0 Å². The Bertz CT molecular complexity index is 601. The minimum Gasteiger partial charge on any atom is -0.324 e. The highest BCUT2D eigenvalue weighted by molar-refractivity contribution is 6.45. The molecule has 1 fully saturated rings. The van der Waals surface area contributed by atoms with Crippen LogP contribution in [0.2, 0.25) is 0 Å². The van der Waals surface area contributed by atoms with Crippen molar-refractivity contribution in [3.05, 3.63) is 59.4 Å². The molecule has 0 saturated carbocycles. The van der Waals surface area contributed by atoms with Crippen molar-refractivity contribution in [2.24, 2.45) is 0 Å². The zero-order valence-corrected chi connectivity index (χ0v) is 10.2. The van der Waals surface area contributed by atoms with Crippen molar-refractivity contribution in [1.82, 2.24) is 4.90 Å². The van der Waals surface area contributed by atoms with Crippen molar-refractivity contribution < 1.29 is 14.0 Å². The lowest BCUT2D eigenvalue weighted by molar-refractivity contribution is -0.140. The van der Waals surface area contributed by atoms with Gasteiger partial charge in [-0.05, 0) is 24.1 Å². The molecule has 19 heavy (non-hydrogen) atoms. The Kier molecular flexibility index (Phi) is 2.78. The van der Waals surface area contributed by atoms with Gasteiger partial charge in [-0.1, -0.05) is 30.4 Å². The molecule has 1 unspecified atom stereocenters. The SMILES string of the molecule is O=C1C(=O)N(Cc2ccc(F)cc2)C2CC=CC=C12. The van der Waals surface area contributed by atoms with Gasteiger partial charge in [0.15, 0.2) is 0 Å². The van der Waals surface area contributed by atoms with Gasteiger partial charge in [0, 0.05) is 12.1 Å². The van der Waals surface area contributed by atoms with E-state index in [4.69, 9.17) is 0 Å². The Morgan fingerprint density at radius 2 is 1.95 bits per heavy atom. The van der Waals surface area contributed by atoms with Crippen LogP contribution in [0.3, 0.4) is 0 Å². The molecule has 1 aromatic carbocycles. The van der Waals surface area contributed by atoms with E-state index in [1.165, 1.54) is 12.1 Å². The monoisotopic (exact) mass is 257 g/mol.